The first-order valence-electron chi connectivity index (χ1n) is 6.58. The third-order valence-corrected chi connectivity index (χ3v) is 2.78. The molecule has 122 valence electrons. The number of hydrogen-bond donors (Lipinski definition) is 3. The Labute approximate surface area is 131 Å². The largest absolute Gasteiger partial charge is 0.497 e. The summed E-state index contributed by atoms with van der Waals surface area (Å²) in [6.45, 7) is 1.28. The molecule has 7 heteroatoms. The number of methoxy groups -OCH3 is 1. The fourth-order valence-electron chi connectivity index (χ4n) is 1.81. The highest BCUT2D eigenvalue weighted by Gasteiger charge is 2.12. The summed E-state index contributed by atoms with van der Waals surface area (Å²) in [5, 5.41) is 27.7. The monoisotopic (exact) mass is 321 g/mol. The molecule has 0 fully saturated rings. The Balaban J connectivity index is 0.00000400. The molecule has 0 amide bonds. The average molecular weight is 322 g/mol. The van der Waals surface area contributed by atoms with E-state index < -0.39 is 6.10 Å². The topological polar surface area (TPSA) is 82.4 Å². The predicted octanol–water partition coefficient (Wildman–Crippen LogP) is 0.143. The quantitative estimate of drug-likeness (QED) is 0.569. The summed E-state index contributed by atoms with van der Waals surface area (Å²) >= 11 is 0. The molecule has 1 rings (SSSR count). The van der Waals surface area contributed by atoms with E-state index in [0.717, 1.165) is 0 Å². The maximum Gasteiger partial charge on any atom is 0.123 e. The number of halogens is 1. The number of aliphatic hydroxyl groups is 3. The molecule has 0 aliphatic rings. The van der Waals surface area contributed by atoms with E-state index in [-0.39, 0.29) is 32.2 Å². The molecule has 21 heavy (non-hydrogen) atoms. The van der Waals surface area contributed by atoms with Crippen molar-refractivity contribution in [3.8, 4) is 11.5 Å². The van der Waals surface area contributed by atoms with Gasteiger partial charge in [-0.1, -0.05) is 6.07 Å². The minimum Gasteiger partial charge on any atom is -0.497 e. The van der Waals surface area contributed by atoms with Gasteiger partial charge in [0.2, 0.25) is 0 Å². The number of aliphatic hydroxyl groups excluding tert-OH is 3. The van der Waals surface area contributed by atoms with Crippen LogP contribution in [0.15, 0.2) is 24.3 Å². The molecular formula is C14H24ClNO5. The summed E-state index contributed by atoms with van der Waals surface area (Å²) < 4.78 is 10.6. The van der Waals surface area contributed by atoms with E-state index in [1.54, 1.807) is 24.1 Å². The van der Waals surface area contributed by atoms with Crippen molar-refractivity contribution in [3.63, 3.8) is 0 Å². The van der Waals surface area contributed by atoms with Crippen molar-refractivity contribution in [2.75, 3.05) is 46.6 Å². The minimum atomic E-state index is -0.695. The van der Waals surface area contributed by atoms with E-state index in [9.17, 15) is 5.11 Å². The van der Waals surface area contributed by atoms with Gasteiger partial charge in [-0.15, -0.1) is 12.4 Å². The van der Waals surface area contributed by atoms with E-state index in [1.807, 2.05) is 12.1 Å². The van der Waals surface area contributed by atoms with E-state index in [0.29, 0.717) is 31.1 Å². The fourth-order valence-corrected chi connectivity index (χ4v) is 1.81. The Morgan fingerprint density at radius 1 is 1.14 bits per heavy atom. The lowest BCUT2D eigenvalue weighted by Gasteiger charge is -2.23. The van der Waals surface area contributed by atoms with Crippen LogP contribution in [-0.4, -0.2) is 72.9 Å². The fraction of sp³-hybridized carbons (Fsp3) is 0.571. The van der Waals surface area contributed by atoms with Crippen molar-refractivity contribution in [1.82, 2.24) is 4.90 Å². The van der Waals surface area contributed by atoms with Gasteiger partial charge in [-0.25, -0.2) is 0 Å². The molecule has 0 saturated heterocycles. The van der Waals surface area contributed by atoms with Gasteiger partial charge >= 0.3 is 0 Å². The maximum absolute atomic E-state index is 9.90. The van der Waals surface area contributed by atoms with Gasteiger partial charge in [0.15, 0.2) is 0 Å². The standard InChI is InChI=1S/C14H23NO5.ClH/c1-19-13-3-2-4-14(9-13)20-11-12(18)10-15(5-7-16)6-8-17;/h2-4,9,12,16-18H,5-8,10-11H2,1H3;1H. The van der Waals surface area contributed by atoms with Crippen LogP contribution in [0.1, 0.15) is 0 Å². The van der Waals surface area contributed by atoms with Gasteiger partial charge in [-0.05, 0) is 12.1 Å². The SMILES string of the molecule is COc1cccc(OCC(O)CN(CCO)CCO)c1.Cl. The molecule has 0 heterocycles. The Morgan fingerprint density at radius 2 is 1.76 bits per heavy atom. The second kappa shape index (κ2) is 11.6. The Morgan fingerprint density at radius 3 is 2.33 bits per heavy atom. The first kappa shape index (κ1) is 19.9. The third kappa shape index (κ3) is 8.08. The van der Waals surface area contributed by atoms with Crippen LogP contribution in [0.5, 0.6) is 11.5 Å². The van der Waals surface area contributed by atoms with Gasteiger partial charge in [0, 0.05) is 25.7 Å². The van der Waals surface area contributed by atoms with Crippen molar-refractivity contribution in [1.29, 1.82) is 0 Å². The highest BCUT2D eigenvalue weighted by atomic mass is 35.5. The molecule has 0 aliphatic carbocycles. The molecule has 0 aliphatic heterocycles. The van der Waals surface area contributed by atoms with Gasteiger partial charge < -0.3 is 24.8 Å². The molecule has 1 unspecified atom stereocenters. The Bertz CT molecular complexity index is 374. The molecule has 1 aromatic carbocycles. The molecule has 0 aromatic heterocycles. The van der Waals surface area contributed by atoms with Crippen molar-refractivity contribution >= 4 is 12.4 Å². The molecule has 0 bridgehead atoms. The van der Waals surface area contributed by atoms with Crippen molar-refractivity contribution in [2.45, 2.75) is 6.10 Å². The maximum atomic E-state index is 9.90. The first-order valence-corrected chi connectivity index (χ1v) is 6.58. The summed E-state index contributed by atoms with van der Waals surface area (Å²) in [4.78, 5) is 1.78. The van der Waals surface area contributed by atoms with E-state index in [2.05, 4.69) is 0 Å². The Hall–Kier alpha value is -1.05. The third-order valence-electron chi connectivity index (χ3n) is 2.78. The second-order valence-electron chi connectivity index (χ2n) is 4.39. The predicted molar refractivity (Wildman–Crippen MR) is 82.4 cm³/mol. The number of benzene rings is 1. The molecule has 1 aromatic rings. The Kier molecular flexibility index (Phi) is 11.0. The molecule has 6 nitrogen and oxygen atoms in total. The number of ether oxygens (including phenoxy) is 2. The van der Waals surface area contributed by atoms with Crippen LogP contribution >= 0.6 is 12.4 Å². The molecule has 0 radical (unpaired) electrons. The molecule has 0 saturated carbocycles. The second-order valence-corrected chi connectivity index (χ2v) is 4.39. The van der Waals surface area contributed by atoms with Gasteiger partial charge in [0.05, 0.1) is 20.3 Å². The van der Waals surface area contributed by atoms with Crippen LogP contribution in [0.25, 0.3) is 0 Å². The van der Waals surface area contributed by atoms with Crippen molar-refractivity contribution < 1.29 is 24.8 Å². The van der Waals surface area contributed by atoms with Gasteiger partial charge in [0.25, 0.3) is 0 Å². The van der Waals surface area contributed by atoms with Crippen molar-refractivity contribution in [3.05, 3.63) is 24.3 Å². The van der Waals surface area contributed by atoms with Crippen LogP contribution in [0.4, 0.5) is 0 Å². The number of hydrogen-bond acceptors (Lipinski definition) is 6. The normalized spacial score (nSPS) is 11.9. The van der Waals surface area contributed by atoms with E-state index in [1.165, 1.54) is 0 Å². The minimum absolute atomic E-state index is 0. The lowest BCUT2D eigenvalue weighted by Crippen LogP contribution is -2.38. The summed E-state index contributed by atoms with van der Waals surface area (Å²) in [7, 11) is 1.58. The van der Waals surface area contributed by atoms with Gasteiger partial charge in [0.1, 0.15) is 24.2 Å². The number of nitrogens with zero attached hydrogens (tertiary/aromatic N) is 1. The lowest BCUT2D eigenvalue weighted by molar-refractivity contribution is 0.0551. The summed E-state index contributed by atoms with van der Waals surface area (Å²) in [6, 6.07) is 7.15. The van der Waals surface area contributed by atoms with Crippen LogP contribution in [0.3, 0.4) is 0 Å². The smallest absolute Gasteiger partial charge is 0.123 e. The van der Waals surface area contributed by atoms with Crippen LogP contribution in [0, 0.1) is 0 Å². The zero-order valence-corrected chi connectivity index (χ0v) is 13.0. The average Bonchev–Trinajstić information content (AvgIpc) is 2.46. The van der Waals surface area contributed by atoms with E-state index >= 15 is 0 Å². The zero-order valence-electron chi connectivity index (χ0n) is 12.1. The summed E-state index contributed by atoms with van der Waals surface area (Å²) in [5.74, 6) is 1.32. The molecule has 1 atom stereocenters. The highest BCUT2D eigenvalue weighted by Crippen LogP contribution is 2.18. The van der Waals surface area contributed by atoms with Gasteiger partial charge in [-0.3, -0.25) is 4.90 Å². The molecule has 3 N–H and O–H groups in total. The van der Waals surface area contributed by atoms with Crippen LogP contribution < -0.4 is 9.47 Å². The summed E-state index contributed by atoms with van der Waals surface area (Å²) in [5.41, 5.74) is 0. The first-order chi connectivity index (χ1) is 9.69. The molecular weight excluding hydrogens is 298 g/mol. The highest BCUT2D eigenvalue weighted by molar-refractivity contribution is 5.85. The van der Waals surface area contributed by atoms with Crippen LogP contribution in [0.2, 0.25) is 0 Å². The number of rotatable bonds is 10. The zero-order chi connectivity index (χ0) is 14.8. The molecule has 0 spiro atoms. The van der Waals surface area contributed by atoms with Crippen LogP contribution in [-0.2, 0) is 0 Å². The van der Waals surface area contributed by atoms with Crippen molar-refractivity contribution in [2.24, 2.45) is 0 Å². The van der Waals surface area contributed by atoms with Gasteiger partial charge in [-0.2, -0.15) is 0 Å². The lowest BCUT2D eigenvalue weighted by atomic mass is 10.3. The van der Waals surface area contributed by atoms with E-state index in [4.69, 9.17) is 19.7 Å². The summed E-state index contributed by atoms with van der Waals surface area (Å²) in [6.07, 6.45) is -0.695.